The Labute approximate surface area is 183 Å². The number of hydrogen-bond donors (Lipinski definition) is 1. The van der Waals surface area contributed by atoms with Crippen LogP contribution in [-0.2, 0) is 0 Å². The molecule has 3 heterocycles. The molecule has 0 unspecified atom stereocenters. The molecule has 4 aromatic rings. The molecule has 0 saturated heterocycles. The van der Waals surface area contributed by atoms with Gasteiger partial charge in [0.1, 0.15) is 16.8 Å². The maximum atomic E-state index is 12.3. The first-order valence-electron chi connectivity index (χ1n) is 9.86. The van der Waals surface area contributed by atoms with E-state index in [1.165, 1.54) is 11.8 Å². The van der Waals surface area contributed by atoms with Gasteiger partial charge in [0.05, 0.1) is 17.6 Å². The van der Waals surface area contributed by atoms with Gasteiger partial charge in [-0.05, 0) is 43.4 Å². The average Bonchev–Trinajstić information content (AvgIpc) is 3.53. The van der Waals surface area contributed by atoms with E-state index >= 15 is 0 Å². The van der Waals surface area contributed by atoms with Crippen molar-refractivity contribution in [3.8, 4) is 28.6 Å². The summed E-state index contributed by atoms with van der Waals surface area (Å²) >= 11 is 1.52. The fraction of sp³-hybridized carbons (Fsp3) is 0.174. The topological polar surface area (TPSA) is 96.0 Å². The van der Waals surface area contributed by atoms with Crippen molar-refractivity contribution in [2.24, 2.45) is 0 Å². The first-order chi connectivity index (χ1) is 15.2. The highest BCUT2D eigenvalue weighted by atomic mass is 32.2. The third kappa shape index (κ3) is 3.76. The van der Waals surface area contributed by atoms with Crippen molar-refractivity contribution in [2.45, 2.75) is 23.9 Å². The molecule has 1 aliphatic rings. The van der Waals surface area contributed by atoms with Crippen LogP contribution in [0.4, 0.5) is 0 Å². The Hall–Kier alpha value is -3.70. The number of nitriles is 1. The van der Waals surface area contributed by atoms with Crippen LogP contribution in [-0.4, -0.2) is 37.6 Å². The van der Waals surface area contributed by atoms with Gasteiger partial charge in [-0.25, -0.2) is 15.0 Å². The molecule has 0 spiro atoms. The Bertz CT molecular complexity index is 1320. The van der Waals surface area contributed by atoms with E-state index in [4.69, 9.17) is 10.2 Å². The summed E-state index contributed by atoms with van der Waals surface area (Å²) < 4.78 is 2.01. The first kappa shape index (κ1) is 19.3. The Kier molecular flexibility index (Phi) is 4.88. The highest BCUT2D eigenvalue weighted by Crippen LogP contribution is 2.29. The van der Waals surface area contributed by atoms with E-state index in [9.17, 15) is 4.79 Å². The van der Waals surface area contributed by atoms with Crippen molar-refractivity contribution in [1.82, 2.24) is 24.7 Å². The third-order valence-electron chi connectivity index (χ3n) is 5.18. The Morgan fingerprint density at radius 3 is 2.55 bits per heavy atom. The highest BCUT2D eigenvalue weighted by molar-refractivity contribution is 7.98. The van der Waals surface area contributed by atoms with E-state index in [2.05, 4.69) is 15.3 Å². The van der Waals surface area contributed by atoms with E-state index < -0.39 is 0 Å². The number of pyridine rings is 1. The summed E-state index contributed by atoms with van der Waals surface area (Å²) in [5.41, 5.74) is 5.21. The van der Waals surface area contributed by atoms with Crippen molar-refractivity contribution in [1.29, 1.82) is 5.26 Å². The van der Waals surface area contributed by atoms with Crippen LogP contribution in [0.1, 0.15) is 28.9 Å². The van der Waals surface area contributed by atoms with Crippen molar-refractivity contribution in [3.63, 3.8) is 0 Å². The molecule has 1 N–H and O–H groups in total. The van der Waals surface area contributed by atoms with E-state index in [0.29, 0.717) is 17.3 Å². The number of rotatable bonds is 5. The van der Waals surface area contributed by atoms with Gasteiger partial charge in [-0.2, -0.15) is 5.26 Å². The smallest absolute Gasteiger partial charge is 0.251 e. The van der Waals surface area contributed by atoms with Gasteiger partial charge in [0.25, 0.3) is 5.91 Å². The van der Waals surface area contributed by atoms with Crippen molar-refractivity contribution in [2.75, 3.05) is 6.26 Å². The van der Waals surface area contributed by atoms with Crippen molar-refractivity contribution in [3.05, 3.63) is 66.2 Å². The van der Waals surface area contributed by atoms with Gasteiger partial charge in [-0.1, -0.05) is 12.1 Å². The zero-order valence-corrected chi connectivity index (χ0v) is 17.6. The third-order valence-corrected chi connectivity index (χ3v) is 5.84. The highest BCUT2D eigenvalue weighted by Gasteiger charge is 2.23. The molecule has 8 heteroatoms. The second-order valence-electron chi connectivity index (χ2n) is 7.34. The van der Waals surface area contributed by atoms with E-state index in [1.54, 1.807) is 12.3 Å². The predicted octanol–water partition coefficient (Wildman–Crippen LogP) is 3.94. The maximum Gasteiger partial charge on any atom is 0.251 e. The number of hydrogen-bond acceptors (Lipinski definition) is 6. The minimum Gasteiger partial charge on any atom is -0.349 e. The average molecular weight is 427 g/mol. The first-order valence-corrected chi connectivity index (χ1v) is 11.1. The number of imidazole rings is 1. The molecule has 0 aliphatic heterocycles. The number of aromatic nitrogens is 4. The lowest BCUT2D eigenvalue weighted by Crippen LogP contribution is -2.25. The molecule has 1 amide bonds. The number of fused-ring (bicyclic) bond motifs is 1. The second kappa shape index (κ2) is 7.85. The maximum absolute atomic E-state index is 12.3. The standard InChI is InChI=1S/C23H18N6OS/c1-31-23-21-26-12-20(14-2-4-15(5-3-14)22(30)27-17-8-9-17)29(21)13-19(28-23)16-6-7-18(10-24)25-11-16/h2-7,11-13,17H,8-9H2,1H3,(H,27,30). The molecule has 31 heavy (non-hydrogen) atoms. The number of nitrogens with one attached hydrogen (secondary N) is 1. The fourth-order valence-electron chi connectivity index (χ4n) is 3.35. The monoisotopic (exact) mass is 426 g/mol. The molecular weight excluding hydrogens is 408 g/mol. The van der Waals surface area contributed by atoms with Gasteiger partial charge in [0.2, 0.25) is 0 Å². The molecule has 152 valence electrons. The zero-order chi connectivity index (χ0) is 21.4. The summed E-state index contributed by atoms with van der Waals surface area (Å²) in [7, 11) is 0. The van der Waals surface area contributed by atoms with Crippen molar-refractivity contribution >= 4 is 23.3 Å². The quantitative estimate of drug-likeness (QED) is 0.486. The number of carbonyl (C=O) groups is 1. The minimum absolute atomic E-state index is 0.0309. The van der Waals surface area contributed by atoms with E-state index in [0.717, 1.165) is 46.0 Å². The number of carbonyl (C=O) groups excluding carboxylic acids is 1. The number of thioether (sulfide) groups is 1. The van der Waals surface area contributed by atoms with E-state index in [1.807, 2.05) is 59.5 Å². The fourth-order valence-corrected chi connectivity index (χ4v) is 3.87. The second-order valence-corrected chi connectivity index (χ2v) is 8.14. The Morgan fingerprint density at radius 1 is 1.13 bits per heavy atom. The van der Waals surface area contributed by atoms with Gasteiger partial charge in [0, 0.05) is 35.1 Å². The normalized spacial score (nSPS) is 13.2. The lowest BCUT2D eigenvalue weighted by atomic mass is 10.1. The summed E-state index contributed by atoms with van der Waals surface area (Å²) in [5, 5.41) is 12.8. The molecule has 0 atom stereocenters. The lowest BCUT2D eigenvalue weighted by Gasteiger charge is -2.09. The van der Waals surface area contributed by atoms with Crippen LogP contribution in [0.3, 0.4) is 0 Å². The Balaban J connectivity index is 1.54. The molecule has 1 aliphatic carbocycles. The van der Waals surface area contributed by atoms with Crippen LogP contribution >= 0.6 is 11.8 Å². The largest absolute Gasteiger partial charge is 0.349 e. The summed E-state index contributed by atoms with van der Waals surface area (Å²) in [6.07, 6.45) is 9.49. The number of nitrogens with zero attached hydrogens (tertiary/aromatic N) is 5. The molecular formula is C23H18N6OS. The van der Waals surface area contributed by atoms with Gasteiger partial charge in [-0.3, -0.25) is 9.20 Å². The molecule has 3 aromatic heterocycles. The van der Waals surface area contributed by atoms with Crippen LogP contribution in [0, 0.1) is 11.3 Å². The molecule has 0 bridgehead atoms. The zero-order valence-electron chi connectivity index (χ0n) is 16.7. The van der Waals surface area contributed by atoms with Crippen molar-refractivity contribution < 1.29 is 4.79 Å². The molecule has 1 aromatic carbocycles. The Morgan fingerprint density at radius 2 is 1.90 bits per heavy atom. The number of amides is 1. The summed E-state index contributed by atoms with van der Waals surface area (Å²) in [4.78, 5) is 25.7. The molecule has 1 saturated carbocycles. The van der Waals surface area contributed by atoms with Crippen LogP contribution in [0.2, 0.25) is 0 Å². The van der Waals surface area contributed by atoms with Gasteiger partial charge >= 0.3 is 0 Å². The van der Waals surface area contributed by atoms with Crippen LogP contribution < -0.4 is 5.32 Å². The SMILES string of the molecule is CSc1nc(-c2ccc(C#N)nc2)cn2c(-c3ccc(C(=O)NC4CC4)cc3)cnc12. The predicted molar refractivity (Wildman–Crippen MR) is 119 cm³/mol. The van der Waals surface area contributed by atoms with Gasteiger partial charge in [0.15, 0.2) is 5.65 Å². The van der Waals surface area contributed by atoms with Gasteiger partial charge in [-0.15, -0.1) is 11.8 Å². The van der Waals surface area contributed by atoms with Crippen LogP contribution in [0.25, 0.3) is 28.2 Å². The summed E-state index contributed by atoms with van der Waals surface area (Å²) in [6.45, 7) is 0. The van der Waals surface area contributed by atoms with Crippen LogP contribution in [0.5, 0.6) is 0 Å². The molecule has 1 fully saturated rings. The molecule has 5 rings (SSSR count). The molecule has 0 radical (unpaired) electrons. The number of benzene rings is 1. The summed E-state index contributed by atoms with van der Waals surface area (Å²) in [6, 6.07) is 13.4. The molecule has 7 nitrogen and oxygen atoms in total. The van der Waals surface area contributed by atoms with Gasteiger partial charge < -0.3 is 5.32 Å². The summed E-state index contributed by atoms with van der Waals surface area (Å²) in [5.74, 6) is -0.0309. The minimum atomic E-state index is -0.0309. The van der Waals surface area contributed by atoms with Crippen LogP contribution in [0.15, 0.2) is 60.0 Å². The lowest BCUT2D eigenvalue weighted by molar-refractivity contribution is 0.0951. The van der Waals surface area contributed by atoms with E-state index in [-0.39, 0.29) is 5.91 Å².